The lowest BCUT2D eigenvalue weighted by Crippen LogP contribution is -2.45. The Morgan fingerprint density at radius 2 is 2.13 bits per heavy atom. The number of carbonyl (C=O) groups excluding carboxylic acids is 1. The normalized spacial score (nSPS) is 26.0. The van der Waals surface area contributed by atoms with Gasteiger partial charge in [0.05, 0.1) is 5.37 Å². The van der Waals surface area contributed by atoms with Gasteiger partial charge in [0, 0.05) is 12.2 Å². The van der Waals surface area contributed by atoms with Gasteiger partial charge in [-0.25, -0.2) is 4.79 Å². The molecule has 0 aliphatic carbocycles. The van der Waals surface area contributed by atoms with E-state index in [1.54, 1.807) is 0 Å². The molecule has 15 heavy (non-hydrogen) atoms. The van der Waals surface area contributed by atoms with Crippen LogP contribution in [0, 0.1) is 5.92 Å². The summed E-state index contributed by atoms with van der Waals surface area (Å²) in [5.74, 6) is -0.177. The van der Waals surface area contributed by atoms with E-state index in [2.05, 4.69) is 0 Å². The lowest BCUT2D eigenvalue weighted by atomic mass is 10.1. The average Bonchev–Trinajstić information content (AvgIpc) is 2.45. The molecule has 0 saturated carbocycles. The molecule has 0 radical (unpaired) electrons. The van der Waals surface area contributed by atoms with Crippen molar-refractivity contribution in [2.24, 2.45) is 5.92 Å². The lowest BCUT2D eigenvalue weighted by Gasteiger charge is -2.25. The Hall–Kier alpha value is -0.710. The van der Waals surface area contributed by atoms with Crippen LogP contribution in [0.5, 0.6) is 0 Å². The maximum absolute atomic E-state index is 11.8. The SMILES string of the molecule is CC(C)CC(=O)N1C(C)SCC1C(=O)O. The summed E-state index contributed by atoms with van der Waals surface area (Å²) in [6.45, 7) is 5.80. The number of carboxylic acid groups (broad SMARTS) is 1. The lowest BCUT2D eigenvalue weighted by molar-refractivity contribution is -0.149. The number of hydrogen-bond acceptors (Lipinski definition) is 3. The summed E-state index contributed by atoms with van der Waals surface area (Å²) in [6.07, 6.45) is 0.425. The predicted molar refractivity (Wildman–Crippen MR) is 59.6 cm³/mol. The first-order chi connectivity index (χ1) is 6.93. The van der Waals surface area contributed by atoms with E-state index in [1.165, 1.54) is 16.7 Å². The zero-order valence-corrected chi connectivity index (χ0v) is 10.1. The molecule has 2 unspecified atom stereocenters. The smallest absolute Gasteiger partial charge is 0.327 e. The molecule has 0 aromatic heterocycles. The van der Waals surface area contributed by atoms with E-state index in [0.717, 1.165) is 0 Å². The van der Waals surface area contributed by atoms with Gasteiger partial charge in [0.2, 0.25) is 5.91 Å². The van der Waals surface area contributed by atoms with Crippen molar-refractivity contribution in [2.45, 2.75) is 38.6 Å². The van der Waals surface area contributed by atoms with Gasteiger partial charge in [-0.3, -0.25) is 4.79 Å². The third-order valence-electron chi connectivity index (χ3n) is 2.38. The summed E-state index contributed by atoms with van der Waals surface area (Å²) < 4.78 is 0. The van der Waals surface area contributed by atoms with Gasteiger partial charge in [-0.1, -0.05) is 13.8 Å². The van der Waals surface area contributed by atoms with Crippen molar-refractivity contribution in [3.05, 3.63) is 0 Å². The van der Waals surface area contributed by atoms with E-state index in [1.807, 2.05) is 20.8 Å². The molecule has 1 N–H and O–H groups in total. The molecule has 0 bridgehead atoms. The third kappa shape index (κ3) is 2.87. The average molecular weight is 231 g/mol. The fraction of sp³-hybridized carbons (Fsp3) is 0.800. The Labute approximate surface area is 94.0 Å². The van der Waals surface area contributed by atoms with Crippen LogP contribution in [0.15, 0.2) is 0 Å². The van der Waals surface area contributed by atoms with Gasteiger partial charge >= 0.3 is 5.97 Å². The van der Waals surface area contributed by atoms with Crippen LogP contribution in [-0.4, -0.2) is 39.1 Å². The minimum atomic E-state index is -0.899. The Morgan fingerprint density at radius 1 is 1.53 bits per heavy atom. The fourth-order valence-electron chi connectivity index (χ4n) is 1.67. The standard InChI is InChI=1S/C10H17NO3S/c1-6(2)4-9(12)11-7(3)15-5-8(11)10(13)14/h6-8H,4-5H2,1-3H3,(H,13,14). The molecule has 1 amide bonds. The number of hydrogen-bond donors (Lipinski definition) is 1. The van der Waals surface area contributed by atoms with Crippen molar-refractivity contribution in [1.29, 1.82) is 0 Å². The summed E-state index contributed by atoms with van der Waals surface area (Å²) in [6, 6.07) is -0.642. The van der Waals surface area contributed by atoms with Crippen LogP contribution in [0.2, 0.25) is 0 Å². The first kappa shape index (κ1) is 12.4. The summed E-state index contributed by atoms with van der Waals surface area (Å²) in [7, 11) is 0. The summed E-state index contributed by atoms with van der Waals surface area (Å²) in [4.78, 5) is 24.3. The van der Waals surface area contributed by atoms with Crippen LogP contribution in [0.4, 0.5) is 0 Å². The molecule has 1 heterocycles. The molecule has 1 fully saturated rings. The third-order valence-corrected chi connectivity index (χ3v) is 3.60. The van der Waals surface area contributed by atoms with Crippen molar-refractivity contribution < 1.29 is 14.7 Å². The highest BCUT2D eigenvalue weighted by Gasteiger charge is 2.39. The Morgan fingerprint density at radius 3 is 2.60 bits per heavy atom. The van der Waals surface area contributed by atoms with E-state index >= 15 is 0 Å². The van der Waals surface area contributed by atoms with Crippen molar-refractivity contribution in [3.8, 4) is 0 Å². The van der Waals surface area contributed by atoms with Crippen LogP contribution >= 0.6 is 11.8 Å². The van der Waals surface area contributed by atoms with Gasteiger partial charge < -0.3 is 10.0 Å². The van der Waals surface area contributed by atoms with Gasteiger partial charge in [0.15, 0.2) is 0 Å². The number of thioether (sulfide) groups is 1. The second-order valence-corrected chi connectivity index (χ2v) is 5.53. The maximum atomic E-state index is 11.8. The Balaban J connectivity index is 2.71. The summed E-state index contributed by atoms with van der Waals surface area (Å²) >= 11 is 1.52. The molecule has 0 aromatic carbocycles. The van der Waals surface area contributed by atoms with Crippen molar-refractivity contribution >= 4 is 23.6 Å². The second kappa shape index (κ2) is 4.88. The number of nitrogens with zero attached hydrogens (tertiary/aromatic N) is 1. The molecule has 4 nitrogen and oxygen atoms in total. The number of carbonyl (C=O) groups is 2. The van der Waals surface area contributed by atoms with E-state index < -0.39 is 12.0 Å². The van der Waals surface area contributed by atoms with Crippen LogP contribution in [0.25, 0.3) is 0 Å². The van der Waals surface area contributed by atoms with E-state index in [0.29, 0.717) is 12.2 Å². The van der Waals surface area contributed by atoms with Gasteiger partial charge in [-0.2, -0.15) is 0 Å². The van der Waals surface area contributed by atoms with Crippen LogP contribution in [-0.2, 0) is 9.59 Å². The van der Waals surface area contributed by atoms with Gasteiger partial charge in [0.25, 0.3) is 0 Å². The highest BCUT2D eigenvalue weighted by Crippen LogP contribution is 2.29. The van der Waals surface area contributed by atoms with Crippen molar-refractivity contribution in [1.82, 2.24) is 4.90 Å². The number of aliphatic carboxylic acids is 1. The maximum Gasteiger partial charge on any atom is 0.327 e. The van der Waals surface area contributed by atoms with Crippen molar-refractivity contribution in [3.63, 3.8) is 0 Å². The number of amides is 1. The molecular weight excluding hydrogens is 214 g/mol. The van der Waals surface area contributed by atoms with Crippen LogP contribution < -0.4 is 0 Å². The summed E-state index contributed by atoms with van der Waals surface area (Å²) in [5, 5.41) is 8.96. The van der Waals surface area contributed by atoms with E-state index in [-0.39, 0.29) is 17.2 Å². The zero-order chi connectivity index (χ0) is 11.6. The van der Waals surface area contributed by atoms with E-state index in [4.69, 9.17) is 5.11 Å². The van der Waals surface area contributed by atoms with Crippen LogP contribution in [0.1, 0.15) is 27.2 Å². The second-order valence-electron chi connectivity index (χ2n) is 4.19. The topological polar surface area (TPSA) is 57.6 Å². The molecule has 1 rings (SSSR count). The van der Waals surface area contributed by atoms with E-state index in [9.17, 15) is 9.59 Å². The molecular formula is C10H17NO3S. The summed E-state index contributed by atoms with van der Waals surface area (Å²) in [5.41, 5.74) is 0. The molecule has 5 heteroatoms. The quantitative estimate of drug-likeness (QED) is 0.798. The highest BCUT2D eigenvalue weighted by atomic mass is 32.2. The minimum absolute atomic E-state index is 0.0163. The molecule has 0 spiro atoms. The molecule has 86 valence electrons. The van der Waals surface area contributed by atoms with Crippen LogP contribution in [0.3, 0.4) is 0 Å². The molecule has 1 saturated heterocycles. The Kier molecular flexibility index (Phi) is 4.02. The van der Waals surface area contributed by atoms with Gasteiger partial charge in [-0.15, -0.1) is 11.8 Å². The largest absolute Gasteiger partial charge is 0.480 e. The molecule has 0 aromatic rings. The molecule has 1 aliphatic heterocycles. The highest BCUT2D eigenvalue weighted by molar-refractivity contribution is 8.00. The minimum Gasteiger partial charge on any atom is -0.480 e. The van der Waals surface area contributed by atoms with Gasteiger partial charge in [0.1, 0.15) is 6.04 Å². The predicted octanol–water partition coefficient (Wildman–Crippen LogP) is 1.41. The fourth-order valence-corrected chi connectivity index (χ4v) is 2.86. The monoisotopic (exact) mass is 231 g/mol. The number of carboxylic acids is 1. The zero-order valence-electron chi connectivity index (χ0n) is 9.27. The number of rotatable bonds is 3. The first-order valence-corrected chi connectivity index (χ1v) is 6.14. The van der Waals surface area contributed by atoms with Crippen molar-refractivity contribution in [2.75, 3.05) is 5.75 Å². The molecule has 1 aliphatic rings. The first-order valence-electron chi connectivity index (χ1n) is 5.09. The Bertz CT molecular complexity index is 267. The van der Waals surface area contributed by atoms with Gasteiger partial charge in [-0.05, 0) is 12.8 Å². The molecule has 2 atom stereocenters.